The Kier molecular flexibility index (Phi) is 7.74. The Hall–Kier alpha value is -3.16. The summed E-state index contributed by atoms with van der Waals surface area (Å²) in [6.07, 6.45) is -0.507. The number of rotatable bonds is 7. The number of carbonyl (C=O) groups is 2. The first-order chi connectivity index (χ1) is 14.0. The molecule has 2 aromatic rings. The molecule has 0 aliphatic heterocycles. The third kappa shape index (κ3) is 7.69. The molecule has 0 bridgehead atoms. The molecule has 1 N–H and O–H groups in total. The molecule has 0 atom stereocenters. The molecule has 162 valence electrons. The minimum absolute atomic E-state index is 0.0679. The zero-order valence-corrected chi connectivity index (χ0v) is 17.4. The summed E-state index contributed by atoms with van der Waals surface area (Å²) in [4.78, 5) is 25.8. The van der Waals surface area contributed by atoms with Gasteiger partial charge in [0.15, 0.2) is 0 Å². The Morgan fingerprint density at radius 1 is 1.00 bits per heavy atom. The van der Waals surface area contributed by atoms with Crippen LogP contribution in [0.3, 0.4) is 0 Å². The molecular formula is C22H26F2N2O4. The molecule has 0 saturated heterocycles. The lowest BCUT2D eigenvalue weighted by molar-refractivity contribution is -0.0498. The molecule has 2 amide bonds. The minimum Gasteiger partial charge on any atom is -0.444 e. The first-order valence-electron chi connectivity index (χ1n) is 9.38. The number of nitrogens with zero attached hydrogens (tertiary/aromatic N) is 1. The molecule has 30 heavy (non-hydrogen) atoms. The predicted octanol–water partition coefficient (Wildman–Crippen LogP) is 4.58. The molecule has 0 saturated carbocycles. The Morgan fingerprint density at radius 2 is 1.57 bits per heavy atom. The van der Waals surface area contributed by atoms with Crippen LogP contribution in [0.5, 0.6) is 5.75 Å². The summed E-state index contributed by atoms with van der Waals surface area (Å²) >= 11 is 0. The highest BCUT2D eigenvalue weighted by Gasteiger charge is 2.16. The number of benzene rings is 2. The van der Waals surface area contributed by atoms with E-state index in [1.807, 2.05) is 0 Å². The third-order valence-corrected chi connectivity index (χ3v) is 3.95. The molecule has 8 heteroatoms. The Labute approximate surface area is 174 Å². The summed E-state index contributed by atoms with van der Waals surface area (Å²) < 4.78 is 33.9. The molecule has 6 nitrogen and oxygen atoms in total. The van der Waals surface area contributed by atoms with E-state index in [1.54, 1.807) is 64.2 Å². The van der Waals surface area contributed by atoms with E-state index in [4.69, 9.17) is 4.74 Å². The third-order valence-electron chi connectivity index (χ3n) is 3.95. The second-order valence-electron chi connectivity index (χ2n) is 7.74. The van der Waals surface area contributed by atoms with Crippen LogP contribution in [0.4, 0.5) is 13.6 Å². The van der Waals surface area contributed by atoms with Crippen LogP contribution in [0.15, 0.2) is 48.5 Å². The van der Waals surface area contributed by atoms with Crippen molar-refractivity contribution in [1.82, 2.24) is 10.2 Å². The quantitative estimate of drug-likeness (QED) is 0.712. The van der Waals surface area contributed by atoms with Gasteiger partial charge in [-0.2, -0.15) is 8.78 Å². The van der Waals surface area contributed by atoms with Gasteiger partial charge in [-0.1, -0.05) is 24.3 Å². The van der Waals surface area contributed by atoms with Gasteiger partial charge in [0, 0.05) is 25.7 Å². The van der Waals surface area contributed by atoms with Crippen LogP contribution in [0.2, 0.25) is 0 Å². The van der Waals surface area contributed by atoms with E-state index in [1.165, 1.54) is 17.0 Å². The van der Waals surface area contributed by atoms with Gasteiger partial charge in [-0.15, -0.1) is 0 Å². The van der Waals surface area contributed by atoms with Gasteiger partial charge in [0.25, 0.3) is 5.91 Å². The monoisotopic (exact) mass is 420 g/mol. The summed E-state index contributed by atoms with van der Waals surface area (Å²) in [5.41, 5.74) is 1.54. The van der Waals surface area contributed by atoms with Gasteiger partial charge < -0.3 is 19.7 Å². The molecule has 2 aromatic carbocycles. The fourth-order valence-corrected chi connectivity index (χ4v) is 2.60. The lowest BCUT2D eigenvalue weighted by Gasteiger charge is -2.20. The fraction of sp³-hybridized carbons (Fsp3) is 0.364. The highest BCUT2D eigenvalue weighted by Crippen LogP contribution is 2.17. The standard InChI is InChI=1S/C22H26F2N2O4/c1-22(2,3)30-21(28)25-13-15-5-9-17(10-6-15)19(27)26(4)14-16-7-11-18(12-8-16)29-20(23)24/h5-12,20H,13-14H2,1-4H3,(H,25,28). The molecule has 0 fully saturated rings. The average Bonchev–Trinajstić information content (AvgIpc) is 2.66. The van der Waals surface area contributed by atoms with E-state index < -0.39 is 18.3 Å². The topological polar surface area (TPSA) is 67.9 Å². The molecule has 0 aliphatic carbocycles. The molecule has 0 unspecified atom stereocenters. The van der Waals surface area contributed by atoms with Crippen LogP contribution < -0.4 is 10.1 Å². The Bertz CT molecular complexity index is 847. The van der Waals surface area contributed by atoms with Crippen molar-refractivity contribution < 1.29 is 27.8 Å². The number of carbonyl (C=O) groups excluding carboxylic acids is 2. The fourth-order valence-electron chi connectivity index (χ4n) is 2.60. The van der Waals surface area contributed by atoms with Gasteiger partial charge in [0.2, 0.25) is 0 Å². The number of hydrogen-bond donors (Lipinski definition) is 1. The number of hydrogen-bond acceptors (Lipinski definition) is 4. The lowest BCUT2D eigenvalue weighted by Crippen LogP contribution is -2.32. The summed E-state index contributed by atoms with van der Waals surface area (Å²) in [5, 5.41) is 2.66. The smallest absolute Gasteiger partial charge is 0.407 e. The van der Waals surface area contributed by atoms with Crippen molar-refractivity contribution in [2.45, 2.75) is 46.1 Å². The van der Waals surface area contributed by atoms with Gasteiger partial charge in [-0.25, -0.2) is 4.79 Å². The van der Waals surface area contributed by atoms with E-state index in [9.17, 15) is 18.4 Å². The van der Waals surface area contributed by atoms with E-state index in [0.717, 1.165) is 11.1 Å². The van der Waals surface area contributed by atoms with Crippen LogP contribution in [0.25, 0.3) is 0 Å². The van der Waals surface area contributed by atoms with Crippen molar-refractivity contribution >= 4 is 12.0 Å². The van der Waals surface area contributed by atoms with Crippen molar-refractivity contribution in [3.63, 3.8) is 0 Å². The maximum absolute atomic E-state index is 12.6. The number of alkyl halides is 2. The van der Waals surface area contributed by atoms with Crippen molar-refractivity contribution in [3.8, 4) is 5.75 Å². The number of halogens is 2. The lowest BCUT2D eigenvalue weighted by atomic mass is 10.1. The summed E-state index contributed by atoms with van der Waals surface area (Å²) in [5.74, 6) is -0.118. The second kappa shape index (κ2) is 10.0. The maximum Gasteiger partial charge on any atom is 0.407 e. The first kappa shape index (κ1) is 23.1. The summed E-state index contributed by atoms with van der Waals surface area (Å²) in [7, 11) is 1.66. The Balaban J connectivity index is 1.89. The van der Waals surface area contributed by atoms with Gasteiger partial charge >= 0.3 is 12.7 Å². The van der Waals surface area contributed by atoms with Gasteiger partial charge in [0.05, 0.1) is 0 Å². The number of ether oxygens (including phenoxy) is 2. The highest BCUT2D eigenvalue weighted by molar-refractivity contribution is 5.94. The number of alkyl carbamates (subject to hydrolysis) is 1. The maximum atomic E-state index is 12.6. The molecule has 0 spiro atoms. The van der Waals surface area contributed by atoms with Gasteiger partial charge in [-0.3, -0.25) is 4.79 Å². The van der Waals surface area contributed by atoms with Gasteiger partial charge in [0.1, 0.15) is 11.4 Å². The summed E-state index contributed by atoms with van der Waals surface area (Å²) in [6, 6.07) is 13.0. The zero-order chi connectivity index (χ0) is 22.3. The normalized spacial score (nSPS) is 11.2. The molecule has 0 aliphatic rings. The van der Waals surface area contributed by atoms with Crippen LogP contribution >= 0.6 is 0 Å². The largest absolute Gasteiger partial charge is 0.444 e. The van der Waals surface area contributed by atoms with Gasteiger partial charge in [-0.05, 0) is 56.2 Å². The van der Waals surface area contributed by atoms with Crippen molar-refractivity contribution in [2.24, 2.45) is 0 Å². The predicted molar refractivity (Wildman–Crippen MR) is 108 cm³/mol. The van der Waals surface area contributed by atoms with E-state index in [0.29, 0.717) is 12.1 Å². The first-order valence-corrected chi connectivity index (χ1v) is 9.38. The van der Waals surface area contributed by atoms with Crippen LogP contribution in [0.1, 0.15) is 42.3 Å². The minimum atomic E-state index is -2.87. The average molecular weight is 420 g/mol. The highest BCUT2D eigenvalue weighted by atomic mass is 19.3. The second-order valence-corrected chi connectivity index (χ2v) is 7.74. The molecular weight excluding hydrogens is 394 g/mol. The molecule has 0 radical (unpaired) electrons. The molecule has 0 heterocycles. The van der Waals surface area contributed by atoms with E-state index in [2.05, 4.69) is 10.1 Å². The summed E-state index contributed by atoms with van der Waals surface area (Å²) in [6.45, 7) is 3.09. The van der Waals surface area contributed by atoms with Crippen molar-refractivity contribution in [1.29, 1.82) is 0 Å². The van der Waals surface area contributed by atoms with Crippen LogP contribution in [-0.2, 0) is 17.8 Å². The van der Waals surface area contributed by atoms with E-state index >= 15 is 0 Å². The molecule has 0 aromatic heterocycles. The zero-order valence-electron chi connectivity index (χ0n) is 17.4. The Morgan fingerprint density at radius 3 is 2.10 bits per heavy atom. The molecule has 2 rings (SSSR count). The number of nitrogens with one attached hydrogen (secondary N) is 1. The SMILES string of the molecule is CN(Cc1ccc(OC(F)F)cc1)C(=O)c1ccc(CNC(=O)OC(C)(C)C)cc1. The number of amides is 2. The van der Waals surface area contributed by atoms with Crippen LogP contribution in [-0.4, -0.2) is 36.2 Å². The van der Waals surface area contributed by atoms with E-state index in [-0.39, 0.29) is 18.2 Å². The van der Waals surface area contributed by atoms with Crippen LogP contribution in [0, 0.1) is 0 Å². The van der Waals surface area contributed by atoms with Crippen molar-refractivity contribution in [3.05, 3.63) is 65.2 Å². The van der Waals surface area contributed by atoms with Crippen molar-refractivity contribution in [2.75, 3.05) is 7.05 Å².